The van der Waals surface area contributed by atoms with Crippen molar-refractivity contribution in [1.29, 1.82) is 0 Å². The van der Waals surface area contributed by atoms with E-state index in [4.69, 9.17) is 0 Å². The Morgan fingerprint density at radius 1 is 1.33 bits per heavy atom. The summed E-state index contributed by atoms with van der Waals surface area (Å²) in [4.78, 5) is 39.1. The van der Waals surface area contributed by atoms with Crippen LogP contribution in [0.25, 0.3) is 0 Å². The van der Waals surface area contributed by atoms with E-state index in [1.165, 1.54) is 0 Å². The molecule has 0 radical (unpaired) electrons. The highest BCUT2D eigenvalue weighted by atomic mass is 16.2. The van der Waals surface area contributed by atoms with Gasteiger partial charge in [0.05, 0.1) is 0 Å². The Morgan fingerprint density at radius 3 is 2.83 bits per heavy atom. The number of nitrogens with one attached hydrogen (secondary N) is 2. The van der Waals surface area contributed by atoms with Crippen molar-refractivity contribution in [3.05, 3.63) is 35.4 Å². The van der Waals surface area contributed by atoms with Gasteiger partial charge in [0.2, 0.25) is 5.91 Å². The predicted octanol–water partition coefficient (Wildman–Crippen LogP) is 1.44. The molecular formula is C18H21N3O3. The molecule has 2 aliphatic carbocycles. The molecule has 4 rings (SSSR count). The number of amides is 4. The van der Waals surface area contributed by atoms with Gasteiger partial charge in [-0.3, -0.25) is 9.59 Å². The lowest BCUT2D eigenvalue weighted by atomic mass is 9.76. The maximum Gasteiger partial charge on any atom is 0.326 e. The number of urea groups is 1. The normalized spacial score (nSPS) is 27.0. The standard InChI is InChI=1S/C18H21N3O3/c1-11(15(22)19-13-8-9-13)21-16(23)18(20-17(21)24)10-4-6-12-5-2-3-7-14(12)18/h2-3,5,7,11,13H,4,6,8-10H2,1H3,(H,19,22)(H,20,24)/t11-,18-/m0/s1. The molecule has 1 saturated carbocycles. The maximum atomic E-state index is 13.2. The topological polar surface area (TPSA) is 78.5 Å². The third-order valence-electron chi connectivity index (χ3n) is 5.29. The molecule has 1 aromatic rings. The number of nitrogens with zero attached hydrogens (tertiary/aromatic N) is 1. The van der Waals surface area contributed by atoms with Gasteiger partial charge < -0.3 is 10.6 Å². The smallest absolute Gasteiger partial charge is 0.326 e. The van der Waals surface area contributed by atoms with Crippen molar-refractivity contribution in [2.45, 2.75) is 56.7 Å². The number of hydrogen-bond donors (Lipinski definition) is 2. The van der Waals surface area contributed by atoms with Gasteiger partial charge in [0.1, 0.15) is 11.6 Å². The van der Waals surface area contributed by atoms with Gasteiger partial charge in [-0.05, 0) is 50.2 Å². The summed E-state index contributed by atoms with van der Waals surface area (Å²) >= 11 is 0. The first-order chi connectivity index (χ1) is 11.5. The summed E-state index contributed by atoms with van der Waals surface area (Å²) in [5.74, 6) is -0.569. The first-order valence-electron chi connectivity index (χ1n) is 8.57. The number of imide groups is 1. The lowest BCUT2D eigenvalue weighted by Gasteiger charge is -2.33. The monoisotopic (exact) mass is 327 g/mol. The van der Waals surface area contributed by atoms with Crippen LogP contribution in [0.4, 0.5) is 4.79 Å². The second kappa shape index (κ2) is 5.33. The Labute approximate surface area is 140 Å². The zero-order valence-electron chi connectivity index (χ0n) is 13.7. The zero-order valence-corrected chi connectivity index (χ0v) is 13.7. The van der Waals surface area contributed by atoms with Crippen LogP contribution >= 0.6 is 0 Å². The highest BCUT2D eigenvalue weighted by Crippen LogP contribution is 2.40. The molecule has 0 bridgehead atoms. The number of benzene rings is 1. The van der Waals surface area contributed by atoms with E-state index < -0.39 is 17.6 Å². The van der Waals surface area contributed by atoms with Gasteiger partial charge in [0.15, 0.2) is 0 Å². The minimum Gasteiger partial charge on any atom is -0.352 e. The Balaban J connectivity index is 1.65. The van der Waals surface area contributed by atoms with E-state index in [1.54, 1.807) is 6.92 Å². The molecule has 6 heteroatoms. The molecule has 0 aromatic heterocycles. The van der Waals surface area contributed by atoms with Crippen molar-refractivity contribution in [1.82, 2.24) is 15.5 Å². The minimum absolute atomic E-state index is 0.199. The van der Waals surface area contributed by atoms with Crippen LogP contribution in [0.1, 0.15) is 43.7 Å². The molecule has 6 nitrogen and oxygen atoms in total. The Morgan fingerprint density at radius 2 is 2.08 bits per heavy atom. The van der Waals surface area contributed by atoms with E-state index in [-0.39, 0.29) is 17.9 Å². The summed E-state index contributed by atoms with van der Waals surface area (Å²) in [7, 11) is 0. The van der Waals surface area contributed by atoms with E-state index in [0.717, 1.165) is 41.7 Å². The average molecular weight is 327 g/mol. The molecule has 1 spiro atoms. The van der Waals surface area contributed by atoms with Crippen LogP contribution < -0.4 is 10.6 Å². The number of aryl methyl sites for hydroxylation is 1. The van der Waals surface area contributed by atoms with Gasteiger partial charge in [-0.1, -0.05) is 24.3 Å². The molecule has 126 valence electrons. The summed E-state index contributed by atoms with van der Waals surface area (Å²) in [5.41, 5.74) is 0.946. The van der Waals surface area contributed by atoms with Crippen LogP contribution in [-0.4, -0.2) is 34.8 Å². The van der Waals surface area contributed by atoms with Gasteiger partial charge >= 0.3 is 6.03 Å². The number of carbonyl (C=O) groups excluding carboxylic acids is 3. The summed E-state index contributed by atoms with van der Waals surface area (Å²) in [6, 6.07) is 6.67. The molecule has 2 N–H and O–H groups in total. The van der Waals surface area contributed by atoms with E-state index in [0.29, 0.717) is 6.42 Å². The van der Waals surface area contributed by atoms with Crippen LogP contribution in [0.15, 0.2) is 24.3 Å². The fourth-order valence-electron chi connectivity index (χ4n) is 3.80. The first kappa shape index (κ1) is 15.2. The fraction of sp³-hybridized carbons (Fsp3) is 0.500. The molecule has 2 fully saturated rings. The summed E-state index contributed by atoms with van der Waals surface area (Å²) in [6.45, 7) is 1.61. The maximum absolute atomic E-state index is 13.2. The third kappa shape index (κ3) is 2.20. The number of fused-ring (bicyclic) bond motifs is 2. The van der Waals surface area contributed by atoms with E-state index >= 15 is 0 Å². The quantitative estimate of drug-likeness (QED) is 0.825. The largest absolute Gasteiger partial charge is 0.352 e. The van der Waals surface area contributed by atoms with Crippen LogP contribution in [0, 0.1) is 0 Å². The molecule has 1 aliphatic heterocycles. The summed E-state index contributed by atoms with van der Waals surface area (Å²) in [5, 5.41) is 5.76. The molecule has 24 heavy (non-hydrogen) atoms. The Kier molecular flexibility index (Phi) is 3.37. The SMILES string of the molecule is C[C@@H](C(=O)NC1CC1)N1C(=O)N[C@]2(CCCc3ccccc32)C1=O. The number of hydrogen-bond acceptors (Lipinski definition) is 3. The lowest BCUT2D eigenvalue weighted by molar-refractivity contribution is -0.138. The number of rotatable bonds is 3. The van der Waals surface area contributed by atoms with Gasteiger partial charge in [-0.15, -0.1) is 0 Å². The van der Waals surface area contributed by atoms with Crippen molar-refractivity contribution in [2.24, 2.45) is 0 Å². The van der Waals surface area contributed by atoms with Crippen LogP contribution in [0.5, 0.6) is 0 Å². The van der Waals surface area contributed by atoms with E-state index in [1.807, 2.05) is 24.3 Å². The van der Waals surface area contributed by atoms with E-state index in [2.05, 4.69) is 10.6 Å². The number of carbonyl (C=O) groups is 3. The molecule has 1 heterocycles. The van der Waals surface area contributed by atoms with Crippen molar-refractivity contribution >= 4 is 17.8 Å². The summed E-state index contributed by atoms with van der Waals surface area (Å²) < 4.78 is 0. The minimum atomic E-state index is -1.01. The summed E-state index contributed by atoms with van der Waals surface area (Å²) in [6.07, 6.45) is 4.24. The van der Waals surface area contributed by atoms with Gasteiger partial charge in [0.25, 0.3) is 5.91 Å². The Bertz CT molecular complexity index is 728. The molecule has 2 atom stereocenters. The molecular weight excluding hydrogens is 306 g/mol. The average Bonchev–Trinajstić information content (AvgIpc) is 3.34. The van der Waals surface area contributed by atoms with Crippen molar-refractivity contribution < 1.29 is 14.4 Å². The lowest BCUT2D eigenvalue weighted by Crippen LogP contribution is -2.50. The second-order valence-corrected chi connectivity index (χ2v) is 6.98. The van der Waals surface area contributed by atoms with Crippen LogP contribution in [0.3, 0.4) is 0 Å². The predicted molar refractivity (Wildman–Crippen MR) is 87.1 cm³/mol. The van der Waals surface area contributed by atoms with Crippen LogP contribution in [-0.2, 0) is 21.5 Å². The fourth-order valence-corrected chi connectivity index (χ4v) is 3.80. The van der Waals surface area contributed by atoms with Crippen LogP contribution in [0.2, 0.25) is 0 Å². The van der Waals surface area contributed by atoms with E-state index in [9.17, 15) is 14.4 Å². The first-order valence-corrected chi connectivity index (χ1v) is 8.57. The van der Waals surface area contributed by atoms with Gasteiger partial charge in [-0.25, -0.2) is 9.69 Å². The highest BCUT2D eigenvalue weighted by molar-refractivity contribution is 6.10. The molecule has 4 amide bonds. The molecule has 3 aliphatic rings. The van der Waals surface area contributed by atoms with Gasteiger partial charge in [0, 0.05) is 6.04 Å². The molecule has 1 saturated heterocycles. The molecule has 1 aromatic carbocycles. The van der Waals surface area contributed by atoms with Crippen molar-refractivity contribution in [2.75, 3.05) is 0 Å². The third-order valence-corrected chi connectivity index (χ3v) is 5.29. The van der Waals surface area contributed by atoms with Crippen molar-refractivity contribution in [3.8, 4) is 0 Å². The zero-order chi connectivity index (χ0) is 16.9. The molecule has 0 unspecified atom stereocenters. The highest BCUT2D eigenvalue weighted by Gasteiger charge is 2.56. The second-order valence-electron chi connectivity index (χ2n) is 6.98. The Hall–Kier alpha value is -2.37. The van der Waals surface area contributed by atoms with Gasteiger partial charge in [-0.2, -0.15) is 0 Å². The van der Waals surface area contributed by atoms with Crippen molar-refractivity contribution in [3.63, 3.8) is 0 Å².